The Hall–Kier alpha value is -2.61. The van der Waals surface area contributed by atoms with E-state index in [0.29, 0.717) is 24.2 Å². The number of nitrogens with one attached hydrogen (secondary N) is 1. The van der Waals surface area contributed by atoms with Gasteiger partial charge < -0.3 is 15.8 Å². The zero-order chi connectivity index (χ0) is 20.5. The summed E-state index contributed by atoms with van der Waals surface area (Å²) in [4.78, 5) is 37.9. The zero-order valence-corrected chi connectivity index (χ0v) is 16.6. The summed E-state index contributed by atoms with van der Waals surface area (Å²) in [7, 11) is 0. The number of ether oxygens (including phenoxy) is 1. The van der Waals surface area contributed by atoms with Crippen LogP contribution in [0.4, 0.5) is 4.79 Å². The Morgan fingerprint density at radius 1 is 1.25 bits per heavy atom. The normalized spacial score (nSPS) is 18.8. The highest BCUT2D eigenvalue weighted by Gasteiger charge is 2.32. The molecule has 1 fully saturated rings. The monoisotopic (exact) mass is 388 g/mol. The number of fused-ring (bicyclic) bond motifs is 1. The fraction of sp³-hybridized carbons (Fsp3) is 0.550. The van der Waals surface area contributed by atoms with Crippen molar-refractivity contribution in [3.8, 4) is 0 Å². The van der Waals surface area contributed by atoms with E-state index in [4.69, 9.17) is 10.5 Å². The first-order valence-electron chi connectivity index (χ1n) is 9.62. The summed E-state index contributed by atoms with van der Waals surface area (Å²) in [6, 6.07) is 5.54. The highest BCUT2D eigenvalue weighted by Crippen LogP contribution is 2.21. The van der Waals surface area contributed by atoms with Gasteiger partial charge in [0.15, 0.2) is 0 Å². The molecule has 1 saturated heterocycles. The maximum Gasteiger partial charge on any atom is 0.337 e. The molecule has 8 nitrogen and oxygen atoms in total. The average molecular weight is 388 g/mol. The number of hydrogen-bond donors (Lipinski definition) is 2. The first-order chi connectivity index (χ1) is 13.2. The van der Waals surface area contributed by atoms with Gasteiger partial charge >= 0.3 is 11.7 Å². The number of nitrogens with zero attached hydrogens (tertiary/aromatic N) is 2. The summed E-state index contributed by atoms with van der Waals surface area (Å²) in [6.07, 6.45) is 2.91. The smallest absolute Gasteiger partial charge is 0.337 e. The molecule has 1 aliphatic heterocycles. The predicted molar refractivity (Wildman–Crippen MR) is 106 cm³/mol. The molecule has 8 heteroatoms. The van der Waals surface area contributed by atoms with Crippen LogP contribution in [0.5, 0.6) is 0 Å². The van der Waals surface area contributed by atoms with E-state index in [2.05, 4.69) is 5.32 Å². The minimum atomic E-state index is -0.907. The van der Waals surface area contributed by atoms with Crippen LogP contribution in [0.15, 0.2) is 29.1 Å². The van der Waals surface area contributed by atoms with Gasteiger partial charge in [-0.25, -0.2) is 14.2 Å². The van der Waals surface area contributed by atoms with Crippen molar-refractivity contribution in [1.82, 2.24) is 14.5 Å². The van der Waals surface area contributed by atoms with Gasteiger partial charge in [-0.05, 0) is 36.8 Å². The number of amides is 2. The molecule has 0 aliphatic carbocycles. The SMILES string of the molecule is CC(C)(C)[C@H](NC(=O)n1c(=O)n(CC2CCCCO2)c2ccccc21)C(N)=O. The van der Waals surface area contributed by atoms with Crippen molar-refractivity contribution in [2.24, 2.45) is 11.1 Å². The molecule has 1 aliphatic rings. The number of nitrogens with two attached hydrogens (primary N) is 1. The number of rotatable bonds is 4. The molecule has 1 aromatic heterocycles. The fourth-order valence-corrected chi connectivity index (χ4v) is 3.64. The van der Waals surface area contributed by atoms with Crippen molar-refractivity contribution < 1.29 is 14.3 Å². The number of primary amides is 1. The first-order valence-corrected chi connectivity index (χ1v) is 9.62. The highest BCUT2D eigenvalue weighted by atomic mass is 16.5. The third kappa shape index (κ3) is 3.96. The standard InChI is InChI=1S/C20H28N4O4/c1-20(2,3)16(17(21)25)22-18(26)24-15-10-5-4-9-14(15)23(19(24)27)12-13-8-6-7-11-28-13/h4-5,9-10,13,16H,6-8,11-12H2,1-3H3,(H2,21,25)(H,22,26)/t13?,16-/m1/s1. The molecule has 3 rings (SSSR count). The van der Waals surface area contributed by atoms with Gasteiger partial charge in [0.1, 0.15) is 6.04 Å². The summed E-state index contributed by atoms with van der Waals surface area (Å²) in [5, 5.41) is 2.63. The van der Waals surface area contributed by atoms with E-state index in [0.717, 1.165) is 23.8 Å². The van der Waals surface area contributed by atoms with Gasteiger partial charge in [0.2, 0.25) is 5.91 Å². The number of benzene rings is 1. The van der Waals surface area contributed by atoms with Crippen LogP contribution in [0.1, 0.15) is 40.0 Å². The van der Waals surface area contributed by atoms with Crippen LogP contribution in [0, 0.1) is 5.41 Å². The second-order valence-corrected chi connectivity index (χ2v) is 8.36. The van der Waals surface area contributed by atoms with Crippen LogP contribution < -0.4 is 16.7 Å². The van der Waals surface area contributed by atoms with Crippen LogP contribution in [0.25, 0.3) is 11.0 Å². The van der Waals surface area contributed by atoms with Crippen molar-refractivity contribution in [3.63, 3.8) is 0 Å². The van der Waals surface area contributed by atoms with Gasteiger partial charge in [0.05, 0.1) is 23.7 Å². The van der Waals surface area contributed by atoms with Crippen LogP contribution >= 0.6 is 0 Å². The van der Waals surface area contributed by atoms with Gasteiger partial charge in [0, 0.05) is 6.61 Å². The van der Waals surface area contributed by atoms with Gasteiger partial charge in [-0.3, -0.25) is 9.36 Å². The summed E-state index contributed by atoms with van der Waals surface area (Å²) < 4.78 is 8.41. The molecule has 1 unspecified atom stereocenters. The van der Waals surface area contributed by atoms with Crippen molar-refractivity contribution in [3.05, 3.63) is 34.7 Å². The summed E-state index contributed by atoms with van der Waals surface area (Å²) in [5.41, 5.74) is 5.57. The molecule has 0 radical (unpaired) electrons. The van der Waals surface area contributed by atoms with Crippen LogP contribution in [0.3, 0.4) is 0 Å². The Morgan fingerprint density at radius 2 is 1.93 bits per heavy atom. The van der Waals surface area contributed by atoms with Crippen molar-refractivity contribution in [2.75, 3.05) is 6.61 Å². The Labute approximate surface area is 163 Å². The predicted octanol–water partition coefficient (Wildman–Crippen LogP) is 1.83. The molecular weight excluding hydrogens is 360 g/mol. The molecule has 2 heterocycles. The van der Waals surface area contributed by atoms with Gasteiger partial charge in [0.25, 0.3) is 0 Å². The fourth-order valence-electron chi connectivity index (χ4n) is 3.64. The lowest BCUT2D eigenvalue weighted by molar-refractivity contribution is -0.122. The third-order valence-corrected chi connectivity index (χ3v) is 5.12. The molecular formula is C20H28N4O4. The average Bonchev–Trinajstić information content (AvgIpc) is 2.91. The molecule has 2 aromatic rings. The molecule has 2 amide bonds. The minimum absolute atomic E-state index is 0.0540. The van der Waals surface area contributed by atoms with Gasteiger partial charge in [-0.1, -0.05) is 32.9 Å². The quantitative estimate of drug-likeness (QED) is 0.833. The molecule has 152 valence electrons. The van der Waals surface area contributed by atoms with Crippen molar-refractivity contribution in [1.29, 1.82) is 0 Å². The molecule has 28 heavy (non-hydrogen) atoms. The van der Waals surface area contributed by atoms with Crippen molar-refractivity contribution in [2.45, 2.75) is 58.7 Å². The van der Waals surface area contributed by atoms with Crippen molar-refractivity contribution >= 4 is 23.0 Å². The number of carbonyl (C=O) groups excluding carboxylic acids is 2. The molecule has 2 atom stereocenters. The number of hydrogen-bond acceptors (Lipinski definition) is 4. The van der Waals surface area contributed by atoms with E-state index < -0.39 is 29.1 Å². The number of para-hydroxylation sites is 2. The lowest BCUT2D eigenvalue weighted by atomic mass is 9.86. The van der Waals surface area contributed by atoms with E-state index in [9.17, 15) is 14.4 Å². The molecule has 1 aromatic carbocycles. The Bertz CT molecular complexity index is 932. The first kappa shape index (κ1) is 20.1. The van der Waals surface area contributed by atoms with Gasteiger partial charge in [-0.2, -0.15) is 0 Å². The molecule has 0 spiro atoms. The van der Waals surface area contributed by atoms with E-state index in [1.54, 1.807) is 43.5 Å². The third-order valence-electron chi connectivity index (χ3n) is 5.12. The summed E-state index contributed by atoms with van der Waals surface area (Å²) >= 11 is 0. The summed E-state index contributed by atoms with van der Waals surface area (Å²) in [5.74, 6) is -0.645. The van der Waals surface area contributed by atoms with E-state index in [1.165, 1.54) is 0 Å². The Morgan fingerprint density at radius 3 is 2.50 bits per heavy atom. The molecule has 0 saturated carbocycles. The maximum atomic E-state index is 13.1. The minimum Gasteiger partial charge on any atom is -0.376 e. The highest BCUT2D eigenvalue weighted by molar-refractivity contribution is 5.92. The molecule has 0 bridgehead atoms. The van der Waals surface area contributed by atoms with Crippen LogP contribution in [0.2, 0.25) is 0 Å². The van der Waals surface area contributed by atoms with E-state index >= 15 is 0 Å². The maximum absolute atomic E-state index is 13.1. The second-order valence-electron chi connectivity index (χ2n) is 8.36. The molecule has 3 N–H and O–H groups in total. The topological polar surface area (TPSA) is 108 Å². The lowest BCUT2D eigenvalue weighted by Crippen LogP contribution is -2.54. The largest absolute Gasteiger partial charge is 0.376 e. The lowest BCUT2D eigenvalue weighted by Gasteiger charge is -2.28. The van der Waals surface area contributed by atoms with Crippen LogP contribution in [-0.4, -0.2) is 39.8 Å². The Kier molecular flexibility index (Phi) is 5.60. The van der Waals surface area contributed by atoms with E-state index in [1.807, 2.05) is 6.07 Å². The van der Waals surface area contributed by atoms with E-state index in [-0.39, 0.29) is 6.10 Å². The van der Waals surface area contributed by atoms with Gasteiger partial charge in [-0.15, -0.1) is 0 Å². The summed E-state index contributed by atoms with van der Waals surface area (Å²) in [6.45, 7) is 6.47. The van der Waals surface area contributed by atoms with Crippen LogP contribution in [-0.2, 0) is 16.1 Å². The second kappa shape index (κ2) is 7.79. The number of carbonyl (C=O) groups is 2. The number of aromatic nitrogens is 2. The Balaban J connectivity index is 1.99. The number of imidazole rings is 1. The zero-order valence-electron chi connectivity index (χ0n) is 16.6.